The fourth-order valence-electron chi connectivity index (χ4n) is 2.70. The highest BCUT2D eigenvalue weighted by molar-refractivity contribution is 5.95. The number of aromatic nitrogens is 4. The van der Waals surface area contributed by atoms with E-state index in [1.54, 1.807) is 12.4 Å². The summed E-state index contributed by atoms with van der Waals surface area (Å²) in [6.45, 7) is 2.07. The molecule has 6 heteroatoms. The van der Waals surface area contributed by atoms with Crippen molar-refractivity contribution in [3.63, 3.8) is 0 Å². The Hall–Kier alpha value is -2.24. The molecule has 2 aromatic heterocycles. The van der Waals surface area contributed by atoms with E-state index in [1.165, 1.54) is 6.33 Å². The van der Waals surface area contributed by atoms with Crippen molar-refractivity contribution in [2.75, 3.05) is 0 Å². The van der Waals surface area contributed by atoms with E-state index in [2.05, 4.69) is 27.2 Å². The van der Waals surface area contributed by atoms with Crippen molar-refractivity contribution in [3.8, 4) is 0 Å². The number of amides is 1. The van der Waals surface area contributed by atoms with Gasteiger partial charge in [-0.15, -0.1) is 0 Å². The molecule has 0 saturated heterocycles. The number of nitrogens with zero attached hydrogens (tertiary/aromatic N) is 4. The molecule has 116 valence electrons. The Morgan fingerprint density at radius 3 is 2.91 bits per heavy atom. The maximum atomic E-state index is 12.7. The Kier molecular flexibility index (Phi) is 4.18. The van der Waals surface area contributed by atoms with Crippen molar-refractivity contribution >= 4 is 5.91 Å². The molecule has 0 spiro atoms. The predicted molar refractivity (Wildman–Crippen MR) is 82.2 cm³/mol. The van der Waals surface area contributed by atoms with Crippen LogP contribution in [0.1, 0.15) is 54.1 Å². The topological polar surface area (TPSA) is 72.7 Å². The third-order valence-corrected chi connectivity index (χ3v) is 4.04. The summed E-state index contributed by atoms with van der Waals surface area (Å²) in [4.78, 5) is 25.3. The van der Waals surface area contributed by atoms with Gasteiger partial charge in [0.1, 0.15) is 12.2 Å². The summed E-state index contributed by atoms with van der Waals surface area (Å²) < 4.78 is 1.97. The zero-order valence-electron chi connectivity index (χ0n) is 13.0. The zero-order valence-corrected chi connectivity index (χ0v) is 13.0. The Morgan fingerprint density at radius 1 is 1.45 bits per heavy atom. The van der Waals surface area contributed by atoms with Gasteiger partial charge >= 0.3 is 0 Å². The molecule has 1 saturated carbocycles. The smallest absolute Gasteiger partial charge is 0.255 e. The molecule has 6 nitrogen and oxygen atoms in total. The molecule has 3 rings (SSSR count). The number of nitrogens with one attached hydrogen (secondary N) is 1. The van der Waals surface area contributed by atoms with Crippen molar-refractivity contribution in [2.24, 2.45) is 13.0 Å². The number of aryl methyl sites for hydroxylation is 2. The highest BCUT2D eigenvalue weighted by atomic mass is 16.1. The molecule has 1 aliphatic carbocycles. The minimum absolute atomic E-state index is 0.0396. The van der Waals surface area contributed by atoms with Gasteiger partial charge in [-0.1, -0.05) is 13.3 Å². The molecule has 1 atom stereocenters. The van der Waals surface area contributed by atoms with Gasteiger partial charge in [0.2, 0.25) is 0 Å². The van der Waals surface area contributed by atoms with Crippen LogP contribution in [0.5, 0.6) is 0 Å². The molecular formula is C16H21N5O. The van der Waals surface area contributed by atoms with Crippen LogP contribution in [0.15, 0.2) is 24.9 Å². The summed E-state index contributed by atoms with van der Waals surface area (Å²) in [5, 5.41) is 3.14. The number of hydrogen-bond donors (Lipinski definition) is 1. The fraction of sp³-hybridized carbons (Fsp3) is 0.500. The molecule has 1 amide bonds. The van der Waals surface area contributed by atoms with Gasteiger partial charge in [0.25, 0.3) is 5.91 Å². The quantitative estimate of drug-likeness (QED) is 0.886. The minimum Gasteiger partial charge on any atom is -0.342 e. The van der Waals surface area contributed by atoms with Gasteiger partial charge in [-0.05, 0) is 25.2 Å². The average molecular weight is 299 g/mol. The molecule has 0 aliphatic heterocycles. The van der Waals surface area contributed by atoms with Crippen LogP contribution < -0.4 is 5.32 Å². The van der Waals surface area contributed by atoms with E-state index in [0.29, 0.717) is 11.5 Å². The molecule has 22 heavy (non-hydrogen) atoms. The maximum Gasteiger partial charge on any atom is 0.255 e. The molecular weight excluding hydrogens is 278 g/mol. The Bertz CT molecular complexity index is 662. The predicted octanol–water partition coefficient (Wildman–Crippen LogP) is 2.04. The van der Waals surface area contributed by atoms with Gasteiger partial charge in [0.15, 0.2) is 0 Å². The lowest BCUT2D eigenvalue weighted by Gasteiger charge is -2.18. The van der Waals surface area contributed by atoms with Crippen molar-refractivity contribution in [1.29, 1.82) is 0 Å². The van der Waals surface area contributed by atoms with Crippen molar-refractivity contribution in [1.82, 2.24) is 24.8 Å². The fourth-order valence-corrected chi connectivity index (χ4v) is 2.70. The number of carbonyl (C=O) groups excluding carboxylic acids is 1. The SMILES string of the molecule is CCCc1ncncc1C(=O)NC(c1nccn1C)C1CC1. The number of imidazole rings is 1. The molecule has 1 unspecified atom stereocenters. The van der Waals surface area contributed by atoms with Crippen LogP contribution in [0.25, 0.3) is 0 Å². The summed E-state index contributed by atoms with van der Waals surface area (Å²) in [6, 6.07) is -0.0396. The first-order valence-electron chi connectivity index (χ1n) is 7.77. The molecule has 2 heterocycles. The average Bonchev–Trinajstić information content (AvgIpc) is 3.27. The first-order valence-corrected chi connectivity index (χ1v) is 7.77. The van der Waals surface area contributed by atoms with Gasteiger partial charge in [-0.3, -0.25) is 4.79 Å². The highest BCUT2D eigenvalue weighted by Gasteiger charge is 2.36. The lowest BCUT2D eigenvalue weighted by Crippen LogP contribution is -2.32. The molecule has 0 bridgehead atoms. The number of hydrogen-bond acceptors (Lipinski definition) is 4. The van der Waals surface area contributed by atoms with Gasteiger partial charge in [-0.2, -0.15) is 0 Å². The second kappa shape index (κ2) is 6.25. The molecule has 1 N–H and O–H groups in total. The van der Waals surface area contributed by atoms with E-state index in [1.807, 2.05) is 17.8 Å². The summed E-state index contributed by atoms with van der Waals surface area (Å²) in [6.07, 6.45) is 10.8. The van der Waals surface area contributed by atoms with Crippen molar-refractivity contribution in [2.45, 2.75) is 38.6 Å². The summed E-state index contributed by atoms with van der Waals surface area (Å²) >= 11 is 0. The summed E-state index contributed by atoms with van der Waals surface area (Å²) in [7, 11) is 1.96. The second-order valence-corrected chi connectivity index (χ2v) is 5.82. The first kappa shape index (κ1) is 14.7. The number of rotatable bonds is 6. The minimum atomic E-state index is -0.107. The van der Waals surface area contributed by atoms with Crippen LogP contribution in [0, 0.1) is 5.92 Å². The third kappa shape index (κ3) is 3.00. The lowest BCUT2D eigenvalue weighted by molar-refractivity contribution is 0.0927. The molecule has 2 aromatic rings. The van der Waals surface area contributed by atoms with E-state index in [-0.39, 0.29) is 11.9 Å². The van der Waals surface area contributed by atoms with E-state index in [9.17, 15) is 4.79 Å². The van der Waals surface area contributed by atoms with Crippen LogP contribution in [-0.4, -0.2) is 25.4 Å². The largest absolute Gasteiger partial charge is 0.342 e. The van der Waals surface area contributed by atoms with Gasteiger partial charge < -0.3 is 9.88 Å². The summed E-state index contributed by atoms with van der Waals surface area (Å²) in [5.41, 5.74) is 1.38. The van der Waals surface area contributed by atoms with Crippen LogP contribution in [-0.2, 0) is 13.5 Å². The Labute approximate surface area is 130 Å². The zero-order chi connectivity index (χ0) is 15.5. The lowest BCUT2D eigenvalue weighted by atomic mass is 10.1. The standard InChI is InChI=1S/C16H21N5O/c1-3-4-13-12(9-17-10-19-13)16(22)20-14(11-5-6-11)15-18-7-8-21(15)2/h7-11,14H,3-6H2,1-2H3,(H,20,22). The normalized spacial score (nSPS) is 15.5. The molecule has 1 aliphatic rings. The van der Waals surface area contributed by atoms with Crippen LogP contribution in [0.2, 0.25) is 0 Å². The van der Waals surface area contributed by atoms with Crippen molar-refractivity contribution < 1.29 is 4.79 Å². The summed E-state index contributed by atoms with van der Waals surface area (Å²) in [5.74, 6) is 1.28. The van der Waals surface area contributed by atoms with Gasteiger partial charge in [0.05, 0.1) is 17.3 Å². The van der Waals surface area contributed by atoms with Crippen LogP contribution in [0.3, 0.4) is 0 Å². The molecule has 0 radical (unpaired) electrons. The van der Waals surface area contributed by atoms with Gasteiger partial charge in [0, 0.05) is 25.6 Å². The first-order chi connectivity index (χ1) is 10.7. The molecule has 1 fully saturated rings. The monoisotopic (exact) mass is 299 g/mol. The van der Waals surface area contributed by atoms with Gasteiger partial charge in [-0.25, -0.2) is 15.0 Å². The Balaban J connectivity index is 1.82. The maximum absolute atomic E-state index is 12.7. The second-order valence-electron chi connectivity index (χ2n) is 5.82. The highest BCUT2D eigenvalue weighted by Crippen LogP contribution is 2.40. The van der Waals surface area contributed by atoms with E-state index in [0.717, 1.165) is 37.2 Å². The van der Waals surface area contributed by atoms with Crippen molar-refractivity contribution in [3.05, 3.63) is 42.0 Å². The van der Waals surface area contributed by atoms with E-state index < -0.39 is 0 Å². The van der Waals surface area contributed by atoms with Crippen LogP contribution in [0.4, 0.5) is 0 Å². The Morgan fingerprint density at radius 2 is 2.27 bits per heavy atom. The van der Waals surface area contributed by atoms with Crippen LogP contribution >= 0.6 is 0 Å². The third-order valence-electron chi connectivity index (χ3n) is 4.04. The number of carbonyl (C=O) groups is 1. The van der Waals surface area contributed by atoms with E-state index >= 15 is 0 Å². The van der Waals surface area contributed by atoms with E-state index in [4.69, 9.17) is 0 Å². The molecule has 0 aromatic carbocycles.